The van der Waals surface area contributed by atoms with Crippen molar-refractivity contribution < 1.29 is 0 Å². The van der Waals surface area contributed by atoms with Crippen molar-refractivity contribution in [3.63, 3.8) is 0 Å². The zero-order chi connectivity index (χ0) is 11.4. The molecule has 0 bridgehead atoms. The largest absolute Gasteiger partial charge is 0.301 e. The van der Waals surface area contributed by atoms with Gasteiger partial charge in [0.2, 0.25) is 0 Å². The van der Waals surface area contributed by atoms with Crippen LogP contribution in [0.4, 0.5) is 0 Å². The number of nitrogens with zero attached hydrogens (tertiary/aromatic N) is 2. The highest BCUT2D eigenvalue weighted by Gasteiger charge is 2.22. The van der Waals surface area contributed by atoms with Crippen molar-refractivity contribution in [2.24, 2.45) is 0 Å². The van der Waals surface area contributed by atoms with Crippen molar-refractivity contribution in [2.75, 3.05) is 0 Å². The van der Waals surface area contributed by atoms with E-state index in [0.29, 0.717) is 0 Å². The molecule has 0 unspecified atom stereocenters. The molecule has 2 nitrogen and oxygen atoms in total. The highest BCUT2D eigenvalue weighted by atomic mass is 32.1. The monoisotopic (exact) mass is 240 g/mol. The van der Waals surface area contributed by atoms with Crippen LogP contribution < -0.4 is 0 Å². The number of imidazole rings is 1. The molecule has 0 radical (unpaired) electrons. The van der Waals surface area contributed by atoms with Crippen molar-refractivity contribution in [1.82, 2.24) is 9.38 Å². The Kier molecular flexibility index (Phi) is 1.77. The number of thiophene rings is 1. The topological polar surface area (TPSA) is 17.3 Å². The molecule has 0 atom stereocenters. The van der Waals surface area contributed by atoms with E-state index >= 15 is 0 Å². The Labute approximate surface area is 104 Å². The van der Waals surface area contributed by atoms with Gasteiger partial charge in [-0.15, -0.1) is 11.3 Å². The van der Waals surface area contributed by atoms with Crippen LogP contribution in [-0.4, -0.2) is 9.38 Å². The number of aryl methyl sites for hydroxylation is 3. The summed E-state index contributed by atoms with van der Waals surface area (Å²) in [6.07, 6.45) is 2.26. The molecule has 1 aliphatic carbocycles. The first-order valence-electron chi connectivity index (χ1n) is 5.88. The molecule has 0 aromatic carbocycles. The molecule has 17 heavy (non-hydrogen) atoms. The van der Waals surface area contributed by atoms with Crippen LogP contribution in [0.5, 0.6) is 0 Å². The van der Waals surface area contributed by atoms with Gasteiger partial charge in [0.15, 0.2) is 0 Å². The van der Waals surface area contributed by atoms with E-state index in [9.17, 15) is 0 Å². The lowest BCUT2D eigenvalue weighted by atomic mass is 10.00. The van der Waals surface area contributed by atoms with Crippen LogP contribution in [0.3, 0.4) is 0 Å². The molecule has 84 valence electrons. The summed E-state index contributed by atoms with van der Waals surface area (Å²) in [7, 11) is 0. The summed E-state index contributed by atoms with van der Waals surface area (Å²) in [6.45, 7) is 2.15. The summed E-state index contributed by atoms with van der Waals surface area (Å²) in [4.78, 5) is 6.28. The summed E-state index contributed by atoms with van der Waals surface area (Å²) >= 11 is 1.85. The van der Waals surface area contributed by atoms with Gasteiger partial charge in [0, 0.05) is 16.1 Å². The summed E-state index contributed by atoms with van der Waals surface area (Å²) in [5, 5.41) is 2.18. The van der Waals surface area contributed by atoms with Gasteiger partial charge >= 0.3 is 0 Å². The lowest BCUT2D eigenvalue weighted by molar-refractivity contribution is 0.880. The smallest absolute Gasteiger partial charge is 0.137 e. The second kappa shape index (κ2) is 3.20. The molecule has 0 N–H and O–H groups in total. The fraction of sp³-hybridized carbons (Fsp3) is 0.214. The highest BCUT2D eigenvalue weighted by molar-refractivity contribution is 7.10. The van der Waals surface area contributed by atoms with Gasteiger partial charge in [-0.3, -0.25) is 0 Å². The number of rotatable bonds is 0. The van der Waals surface area contributed by atoms with Gasteiger partial charge < -0.3 is 4.40 Å². The molecule has 0 aliphatic heterocycles. The second-order valence-electron chi connectivity index (χ2n) is 4.53. The molecule has 4 rings (SSSR count). The van der Waals surface area contributed by atoms with E-state index < -0.39 is 0 Å². The van der Waals surface area contributed by atoms with Gasteiger partial charge in [0.05, 0.1) is 11.4 Å². The van der Waals surface area contributed by atoms with Crippen molar-refractivity contribution in [1.29, 1.82) is 0 Å². The first kappa shape index (κ1) is 9.42. The number of hydrogen-bond acceptors (Lipinski definition) is 2. The normalized spacial score (nSPS) is 13.7. The number of fused-ring (bicyclic) bond motifs is 5. The fourth-order valence-corrected chi connectivity index (χ4v) is 3.63. The minimum absolute atomic E-state index is 1.08. The van der Waals surface area contributed by atoms with Crippen LogP contribution in [0.1, 0.15) is 16.3 Å². The Bertz CT molecular complexity index is 721. The van der Waals surface area contributed by atoms with Crippen molar-refractivity contribution in [3.8, 4) is 11.3 Å². The maximum atomic E-state index is 4.80. The van der Waals surface area contributed by atoms with Gasteiger partial charge in [0.25, 0.3) is 0 Å². The van der Waals surface area contributed by atoms with E-state index in [1.807, 2.05) is 11.3 Å². The Morgan fingerprint density at radius 1 is 1.24 bits per heavy atom. The van der Waals surface area contributed by atoms with Gasteiger partial charge in [-0.05, 0) is 43.3 Å². The summed E-state index contributed by atoms with van der Waals surface area (Å²) in [6, 6.07) is 8.53. The van der Waals surface area contributed by atoms with Gasteiger partial charge in [-0.2, -0.15) is 0 Å². The molecule has 3 aromatic heterocycles. The number of aromatic nitrogens is 2. The molecule has 0 saturated carbocycles. The van der Waals surface area contributed by atoms with Crippen LogP contribution in [0, 0.1) is 6.92 Å². The first-order valence-corrected chi connectivity index (χ1v) is 6.76. The van der Waals surface area contributed by atoms with Crippen LogP contribution in [0.2, 0.25) is 0 Å². The van der Waals surface area contributed by atoms with Gasteiger partial charge in [-0.25, -0.2) is 4.98 Å². The molecule has 1 aliphatic rings. The summed E-state index contributed by atoms with van der Waals surface area (Å²) in [5.74, 6) is 0. The minimum Gasteiger partial charge on any atom is -0.301 e. The quantitative estimate of drug-likeness (QED) is 0.588. The average molecular weight is 240 g/mol. The van der Waals surface area contributed by atoms with Crippen molar-refractivity contribution in [3.05, 3.63) is 45.9 Å². The predicted octanol–water partition coefficient (Wildman–Crippen LogP) is 3.47. The molecule has 0 amide bonds. The van der Waals surface area contributed by atoms with Crippen LogP contribution >= 0.6 is 11.3 Å². The Hall–Kier alpha value is -1.61. The average Bonchev–Trinajstić information content (AvgIpc) is 2.91. The molecule has 3 heterocycles. The maximum absolute atomic E-state index is 4.80. The number of pyridine rings is 1. The van der Waals surface area contributed by atoms with E-state index in [-0.39, 0.29) is 0 Å². The van der Waals surface area contributed by atoms with Crippen LogP contribution in [0.15, 0.2) is 29.6 Å². The molecular formula is C14H12N2S. The third kappa shape index (κ3) is 1.17. The zero-order valence-electron chi connectivity index (χ0n) is 9.60. The molecule has 0 spiro atoms. The third-order valence-corrected chi connectivity index (χ3v) is 4.50. The summed E-state index contributed by atoms with van der Waals surface area (Å²) < 4.78 is 2.30. The molecule has 3 aromatic rings. The van der Waals surface area contributed by atoms with E-state index in [0.717, 1.165) is 18.5 Å². The van der Waals surface area contributed by atoms with Gasteiger partial charge in [0.1, 0.15) is 5.65 Å². The minimum atomic E-state index is 1.08. The molecule has 0 fully saturated rings. The lowest BCUT2D eigenvalue weighted by Gasteiger charge is -2.12. The van der Waals surface area contributed by atoms with E-state index in [1.54, 1.807) is 0 Å². The van der Waals surface area contributed by atoms with E-state index in [2.05, 4.69) is 41.0 Å². The highest BCUT2D eigenvalue weighted by Crippen LogP contribution is 2.36. The standard InChI is InChI=1S/C14H12N2S/c1-9-3-2-4-13-15-14-10-7-8-17-12(10)6-5-11(14)16(9)13/h2-4,7-8H,5-6H2,1H3. The summed E-state index contributed by atoms with van der Waals surface area (Å²) in [5.41, 5.74) is 6.27. The predicted molar refractivity (Wildman–Crippen MR) is 70.7 cm³/mol. The first-order chi connectivity index (χ1) is 8.34. The molecular weight excluding hydrogens is 228 g/mol. The SMILES string of the molecule is Cc1cccc2nc3c(n12)CCc1sccc1-3. The molecule has 3 heteroatoms. The molecule has 0 saturated heterocycles. The lowest BCUT2D eigenvalue weighted by Crippen LogP contribution is -2.04. The second-order valence-corrected chi connectivity index (χ2v) is 5.53. The van der Waals surface area contributed by atoms with Gasteiger partial charge in [-0.1, -0.05) is 6.07 Å². The Morgan fingerprint density at radius 3 is 3.12 bits per heavy atom. The van der Waals surface area contributed by atoms with Crippen LogP contribution in [0.25, 0.3) is 16.9 Å². The van der Waals surface area contributed by atoms with Crippen molar-refractivity contribution >= 4 is 17.0 Å². The maximum Gasteiger partial charge on any atom is 0.137 e. The Morgan fingerprint density at radius 2 is 2.18 bits per heavy atom. The Balaban J connectivity index is 2.14. The van der Waals surface area contributed by atoms with E-state index in [1.165, 1.54) is 27.5 Å². The third-order valence-electron chi connectivity index (χ3n) is 3.52. The zero-order valence-corrected chi connectivity index (χ0v) is 10.4. The fourth-order valence-electron chi connectivity index (χ4n) is 2.75. The van der Waals surface area contributed by atoms with Crippen LogP contribution in [-0.2, 0) is 12.8 Å². The van der Waals surface area contributed by atoms with Crippen molar-refractivity contribution in [2.45, 2.75) is 19.8 Å². The number of hydrogen-bond donors (Lipinski definition) is 0. The van der Waals surface area contributed by atoms with E-state index in [4.69, 9.17) is 4.98 Å².